The third-order valence-corrected chi connectivity index (χ3v) is 4.66. The maximum absolute atomic E-state index is 14.6. The van der Waals surface area contributed by atoms with Crippen LogP contribution < -0.4 is 11.1 Å². The van der Waals surface area contributed by atoms with Crippen LogP contribution in [0.2, 0.25) is 0 Å². The van der Waals surface area contributed by atoms with Gasteiger partial charge < -0.3 is 25.4 Å². The normalized spacial score (nSPS) is 11.7. The summed E-state index contributed by atoms with van der Waals surface area (Å²) in [7, 11) is 1.52. The standard InChI is InChI=1S/C24H30F3N5O3/c1-6-14-7-10-18(17(26)13-14)31-20-15(8-9-16(25)19(20)27)21(28)34-22(29)30-11-12-32(5)23(33)35-24(2,3)4/h7-10,13,28,31H,6,11-12H2,1-5H3,(H2,29,30). The Morgan fingerprint density at radius 1 is 1.17 bits per heavy atom. The molecule has 0 saturated heterocycles. The second-order valence-electron chi connectivity index (χ2n) is 8.63. The quantitative estimate of drug-likeness (QED) is 0.374. The van der Waals surface area contributed by atoms with Crippen LogP contribution in [-0.2, 0) is 15.9 Å². The third-order valence-electron chi connectivity index (χ3n) is 4.66. The number of ether oxygens (including phenoxy) is 2. The maximum atomic E-state index is 14.6. The number of nitrogens with one attached hydrogen (secondary N) is 2. The number of anilines is 2. The first-order valence-corrected chi connectivity index (χ1v) is 10.9. The van der Waals surface area contributed by atoms with Gasteiger partial charge >= 0.3 is 6.09 Å². The Balaban J connectivity index is 2.13. The molecular formula is C24H30F3N5O3. The summed E-state index contributed by atoms with van der Waals surface area (Å²) in [4.78, 5) is 17.2. The van der Waals surface area contributed by atoms with E-state index in [0.29, 0.717) is 6.42 Å². The Bertz CT molecular complexity index is 1120. The van der Waals surface area contributed by atoms with Gasteiger partial charge in [0.05, 0.1) is 23.5 Å². The van der Waals surface area contributed by atoms with Crippen LogP contribution in [0.5, 0.6) is 0 Å². The molecule has 11 heteroatoms. The lowest BCUT2D eigenvalue weighted by atomic mass is 10.1. The predicted octanol–water partition coefficient (Wildman–Crippen LogP) is 4.93. The first-order valence-electron chi connectivity index (χ1n) is 10.9. The predicted molar refractivity (Wildman–Crippen MR) is 129 cm³/mol. The summed E-state index contributed by atoms with van der Waals surface area (Å²) < 4.78 is 53.3. The molecule has 8 nitrogen and oxygen atoms in total. The highest BCUT2D eigenvalue weighted by Gasteiger charge is 2.21. The Kier molecular flexibility index (Phi) is 9.10. The highest BCUT2D eigenvalue weighted by Crippen LogP contribution is 2.29. The smallest absolute Gasteiger partial charge is 0.410 e. The number of hydrogen-bond acceptors (Lipinski definition) is 6. The van der Waals surface area contributed by atoms with Gasteiger partial charge in [0.1, 0.15) is 11.4 Å². The van der Waals surface area contributed by atoms with Gasteiger partial charge in [0.15, 0.2) is 11.6 Å². The number of amides is 1. The fourth-order valence-corrected chi connectivity index (χ4v) is 2.81. The van der Waals surface area contributed by atoms with Crippen molar-refractivity contribution in [2.24, 2.45) is 10.7 Å². The van der Waals surface area contributed by atoms with Crippen LogP contribution >= 0.6 is 0 Å². The number of halogens is 3. The molecule has 2 rings (SSSR count). The Labute approximate surface area is 202 Å². The van der Waals surface area contributed by atoms with Gasteiger partial charge in [-0.2, -0.15) is 0 Å². The van der Waals surface area contributed by atoms with Crippen LogP contribution in [0.4, 0.5) is 29.3 Å². The first kappa shape index (κ1) is 27.5. The largest absolute Gasteiger partial charge is 0.444 e. The van der Waals surface area contributed by atoms with E-state index in [0.717, 1.165) is 17.7 Å². The summed E-state index contributed by atoms with van der Waals surface area (Å²) >= 11 is 0. The van der Waals surface area contributed by atoms with Gasteiger partial charge in [-0.3, -0.25) is 5.41 Å². The molecular weight excluding hydrogens is 463 g/mol. The number of carbonyl (C=O) groups excluding carboxylic acids is 1. The van der Waals surface area contributed by atoms with E-state index in [1.165, 1.54) is 24.1 Å². The summed E-state index contributed by atoms with van der Waals surface area (Å²) in [6.45, 7) is 7.26. The van der Waals surface area contributed by atoms with E-state index in [1.807, 2.05) is 6.92 Å². The summed E-state index contributed by atoms with van der Waals surface area (Å²) in [5.41, 5.74) is 4.99. The van der Waals surface area contributed by atoms with E-state index in [-0.39, 0.29) is 24.3 Å². The number of nitrogens with zero attached hydrogens (tertiary/aromatic N) is 2. The van der Waals surface area contributed by atoms with E-state index in [1.54, 1.807) is 26.8 Å². The van der Waals surface area contributed by atoms with Gasteiger partial charge in [-0.15, -0.1) is 0 Å². The molecule has 0 heterocycles. The lowest BCUT2D eigenvalue weighted by Crippen LogP contribution is -2.35. The lowest BCUT2D eigenvalue weighted by Gasteiger charge is -2.24. The van der Waals surface area contributed by atoms with Gasteiger partial charge in [-0.1, -0.05) is 13.0 Å². The number of hydrogen-bond donors (Lipinski definition) is 3. The molecule has 0 saturated carbocycles. The SMILES string of the molecule is CCc1ccc(Nc2c(C(=N)OC(N)=NCCN(C)C(=O)OC(C)(C)C)ccc(F)c2F)c(F)c1. The lowest BCUT2D eigenvalue weighted by molar-refractivity contribution is 0.0304. The molecule has 2 aromatic rings. The molecule has 0 aliphatic heterocycles. The summed E-state index contributed by atoms with van der Waals surface area (Å²) in [6.07, 6.45) is 0.0539. The van der Waals surface area contributed by atoms with E-state index in [9.17, 15) is 18.0 Å². The number of nitrogens with two attached hydrogens (primary N) is 1. The minimum absolute atomic E-state index is 0.0345. The molecule has 0 aliphatic rings. The molecule has 0 fully saturated rings. The zero-order valence-electron chi connectivity index (χ0n) is 20.3. The molecule has 0 aromatic heterocycles. The average molecular weight is 494 g/mol. The van der Waals surface area contributed by atoms with Gasteiger partial charge in [0, 0.05) is 13.6 Å². The molecule has 0 unspecified atom stereocenters. The molecule has 1 amide bonds. The van der Waals surface area contributed by atoms with Gasteiger partial charge in [0.25, 0.3) is 6.02 Å². The zero-order chi connectivity index (χ0) is 26.3. The van der Waals surface area contributed by atoms with Crippen molar-refractivity contribution in [1.29, 1.82) is 5.41 Å². The summed E-state index contributed by atoms with van der Waals surface area (Å²) in [5, 5.41) is 10.6. The van der Waals surface area contributed by atoms with Crippen molar-refractivity contribution in [3.05, 3.63) is 58.9 Å². The topological polar surface area (TPSA) is 113 Å². The highest BCUT2D eigenvalue weighted by molar-refractivity contribution is 6.03. The second-order valence-corrected chi connectivity index (χ2v) is 8.63. The Hall–Kier alpha value is -3.76. The van der Waals surface area contributed by atoms with Gasteiger partial charge in [-0.05, 0) is 57.0 Å². The number of aliphatic imine (C=N–C) groups is 1. The Morgan fingerprint density at radius 3 is 2.46 bits per heavy atom. The number of amidine groups is 1. The molecule has 4 N–H and O–H groups in total. The molecule has 0 atom stereocenters. The fraction of sp³-hybridized carbons (Fsp3) is 0.375. The molecule has 0 radical (unpaired) electrons. The maximum Gasteiger partial charge on any atom is 0.410 e. The third kappa shape index (κ3) is 7.90. The van der Waals surface area contributed by atoms with Gasteiger partial charge in [0.2, 0.25) is 5.90 Å². The summed E-state index contributed by atoms with van der Waals surface area (Å²) in [5.74, 6) is -3.81. The number of likely N-dealkylation sites (N-methyl/N-ethyl adjacent to an activating group) is 1. The van der Waals surface area contributed by atoms with Crippen molar-refractivity contribution in [1.82, 2.24) is 4.90 Å². The molecule has 35 heavy (non-hydrogen) atoms. The number of aryl methyl sites for hydroxylation is 1. The zero-order valence-corrected chi connectivity index (χ0v) is 20.3. The van der Waals surface area contributed by atoms with Crippen molar-refractivity contribution in [2.75, 3.05) is 25.5 Å². The average Bonchev–Trinajstić information content (AvgIpc) is 2.76. The van der Waals surface area contributed by atoms with E-state index >= 15 is 0 Å². The first-order chi connectivity index (χ1) is 16.3. The van der Waals surface area contributed by atoms with Crippen molar-refractivity contribution >= 4 is 29.4 Å². The van der Waals surface area contributed by atoms with Crippen LogP contribution in [0.15, 0.2) is 35.3 Å². The van der Waals surface area contributed by atoms with Crippen molar-refractivity contribution in [3.8, 4) is 0 Å². The van der Waals surface area contributed by atoms with Crippen molar-refractivity contribution < 1.29 is 27.4 Å². The molecule has 190 valence electrons. The molecule has 0 bridgehead atoms. The highest BCUT2D eigenvalue weighted by atomic mass is 19.2. The second kappa shape index (κ2) is 11.6. The van der Waals surface area contributed by atoms with Crippen LogP contribution in [0.3, 0.4) is 0 Å². The fourth-order valence-electron chi connectivity index (χ4n) is 2.81. The number of carbonyl (C=O) groups is 1. The minimum Gasteiger partial charge on any atom is -0.444 e. The van der Waals surface area contributed by atoms with Crippen molar-refractivity contribution in [3.63, 3.8) is 0 Å². The van der Waals surface area contributed by atoms with Gasteiger partial charge in [-0.25, -0.2) is 23.0 Å². The molecule has 0 spiro atoms. The molecule has 2 aromatic carbocycles. The van der Waals surface area contributed by atoms with Crippen LogP contribution in [-0.4, -0.2) is 48.7 Å². The van der Waals surface area contributed by atoms with Crippen LogP contribution in [0.25, 0.3) is 0 Å². The number of rotatable bonds is 7. The van der Waals surface area contributed by atoms with E-state index in [2.05, 4.69) is 10.3 Å². The van der Waals surface area contributed by atoms with E-state index in [4.69, 9.17) is 20.6 Å². The van der Waals surface area contributed by atoms with E-state index < -0.39 is 46.8 Å². The van der Waals surface area contributed by atoms with Crippen molar-refractivity contribution in [2.45, 2.75) is 39.7 Å². The monoisotopic (exact) mass is 493 g/mol. The van der Waals surface area contributed by atoms with Crippen LogP contribution in [0, 0.1) is 22.9 Å². The number of benzene rings is 2. The molecule has 0 aliphatic carbocycles. The Morgan fingerprint density at radius 2 is 1.86 bits per heavy atom. The summed E-state index contributed by atoms with van der Waals surface area (Å²) in [6, 6.07) is 5.80. The minimum atomic E-state index is -1.32. The van der Waals surface area contributed by atoms with Crippen LogP contribution in [0.1, 0.15) is 38.8 Å².